The quantitative estimate of drug-likeness (QED) is 0.781. The molecule has 0 saturated heterocycles. The van der Waals surface area contributed by atoms with Crippen LogP contribution in [0.1, 0.15) is 45.1 Å². The van der Waals surface area contributed by atoms with Crippen LogP contribution in [0, 0.1) is 0 Å². The number of hydrogen-bond donors (Lipinski definition) is 1. The van der Waals surface area contributed by atoms with E-state index >= 15 is 0 Å². The van der Waals surface area contributed by atoms with E-state index in [0.717, 1.165) is 19.5 Å². The number of carboxylic acid groups (broad SMARTS) is 1. The van der Waals surface area contributed by atoms with Crippen molar-refractivity contribution in [3.8, 4) is 0 Å². The predicted molar refractivity (Wildman–Crippen MR) is 78.4 cm³/mol. The molecule has 0 aliphatic rings. The molecular formula is C16H25NO2. The average Bonchev–Trinajstić information content (AvgIpc) is 2.37. The lowest BCUT2D eigenvalue weighted by Gasteiger charge is -2.29. The Morgan fingerprint density at radius 2 is 1.84 bits per heavy atom. The second-order valence-electron chi connectivity index (χ2n) is 5.40. The van der Waals surface area contributed by atoms with E-state index in [-0.39, 0.29) is 6.42 Å². The molecule has 0 heterocycles. The maximum Gasteiger partial charge on any atom is 0.303 e. The molecule has 1 aromatic carbocycles. The normalized spacial score (nSPS) is 12.9. The molecule has 1 rings (SSSR count). The third-order valence-corrected chi connectivity index (χ3v) is 3.44. The van der Waals surface area contributed by atoms with Gasteiger partial charge < -0.3 is 10.0 Å². The molecule has 0 aliphatic heterocycles. The van der Waals surface area contributed by atoms with Gasteiger partial charge in [0.2, 0.25) is 0 Å². The van der Waals surface area contributed by atoms with E-state index in [9.17, 15) is 4.79 Å². The molecule has 0 spiro atoms. The fraction of sp³-hybridized carbons (Fsp3) is 0.562. The fourth-order valence-corrected chi connectivity index (χ4v) is 2.23. The summed E-state index contributed by atoms with van der Waals surface area (Å²) < 4.78 is 0. The van der Waals surface area contributed by atoms with Gasteiger partial charge >= 0.3 is 5.97 Å². The Labute approximate surface area is 116 Å². The minimum atomic E-state index is -0.709. The van der Waals surface area contributed by atoms with E-state index < -0.39 is 5.97 Å². The highest BCUT2D eigenvalue weighted by Gasteiger charge is 2.14. The molecule has 0 aliphatic carbocycles. The van der Waals surface area contributed by atoms with Crippen LogP contribution < -0.4 is 0 Å². The zero-order valence-electron chi connectivity index (χ0n) is 12.2. The van der Waals surface area contributed by atoms with Crippen LogP contribution >= 0.6 is 0 Å². The highest BCUT2D eigenvalue weighted by molar-refractivity contribution is 5.66. The first-order chi connectivity index (χ1) is 9.00. The minimum absolute atomic E-state index is 0.253. The lowest BCUT2D eigenvalue weighted by atomic mass is 10.00. The van der Waals surface area contributed by atoms with Crippen LogP contribution in [0.2, 0.25) is 0 Å². The first kappa shape index (κ1) is 15.7. The Morgan fingerprint density at radius 1 is 1.21 bits per heavy atom. The predicted octanol–water partition coefficient (Wildman–Crippen LogP) is 3.37. The van der Waals surface area contributed by atoms with Crippen LogP contribution in [0.15, 0.2) is 30.3 Å². The Morgan fingerprint density at radius 3 is 2.37 bits per heavy atom. The SMILES string of the molecule is CC(CN(CCCC(=O)O)C(C)C)c1ccccc1. The number of rotatable bonds is 8. The summed E-state index contributed by atoms with van der Waals surface area (Å²) in [7, 11) is 0. The molecule has 1 unspecified atom stereocenters. The monoisotopic (exact) mass is 263 g/mol. The third kappa shape index (κ3) is 5.88. The van der Waals surface area contributed by atoms with Gasteiger partial charge in [-0.25, -0.2) is 0 Å². The Bertz CT molecular complexity index is 376. The summed E-state index contributed by atoms with van der Waals surface area (Å²) in [5.74, 6) is -0.242. The van der Waals surface area contributed by atoms with Crippen LogP contribution in [0.25, 0.3) is 0 Å². The van der Waals surface area contributed by atoms with Gasteiger partial charge in [0, 0.05) is 19.0 Å². The molecule has 1 aromatic rings. The number of carbonyl (C=O) groups is 1. The molecule has 19 heavy (non-hydrogen) atoms. The molecular weight excluding hydrogens is 238 g/mol. The van der Waals surface area contributed by atoms with Crippen molar-refractivity contribution in [1.82, 2.24) is 4.90 Å². The van der Waals surface area contributed by atoms with Crippen LogP contribution in [-0.4, -0.2) is 35.1 Å². The van der Waals surface area contributed by atoms with Crippen LogP contribution in [-0.2, 0) is 4.79 Å². The second kappa shape index (κ2) is 7.95. The van der Waals surface area contributed by atoms with Crippen molar-refractivity contribution in [3.05, 3.63) is 35.9 Å². The van der Waals surface area contributed by atoms with Gasteiger partial charge in [-0.3, -0.25) is 4.79 Å². The van der Waals surface area contributed by atoms with Crippen molar-refractivity contribution in [2.24, 2.45) is 0 Å². The maximum atomic E-state index is 10.6. The highest BCUT2D eigenvalue weighted by Crippen LogP contribution is 2.17. The maximum absolute atomic E-state index is 10.6. The molecule has 0 radical (unpaired) electrons. The van der Waals surface area contributed by atoms with Crippen molar-refractivity contribution in [2.45, 2.75) is 45.6 Å². The largest absolute Gasteiger partial charge is 0.481 e. The number of hydrogen-bond acceptors (Lipinski definition) is 2. The number of nitrogens with zero attached hydrogens (tertiary/aromatic N) is 1. The molecule has 1 N–H and O–H groups in total. The van der Waals surface area contributed by atoms with E-state index in [2.05, 4.69) is 49.9 Å². The van der Waals surface area contributed by atoms with Gasteiger partial charge in [0.05, 0.1) is 0 Å². The van der Waals surface area contributed by atoms with Crippen LogP contribution in [0.4, 0.5) is 0 Å². The fourth-order valence-electron chi connectivity index (χ4n) is 2.23. The van der Waals surface area contributed by atoms with E-state index in [1.807, 2.05) is 6.07 Å². The first-order valence-electron chi connectivity index (χ1n) is 7.01. The summed E-state index contributed by atoms with van der Waals surface area (Å²) in [5, 5.41) is 8.71. The van der Waals surface area contributed by atoms with E-state index in [1.165, 1.54) is 5.56 Å². The van der Waals surface area contributed by atoms with Crippen molar-refractivity contribution >= 4 is 5.97 Å². The van der Waals surface area contributed by atoms with Crippen molar-refractivity contribution in [3.63, 3.8) is 0 Å². The summed E-state index contributed by atoms with van der Waals surface area (Å²) in [6.07, 6.45) is 0.970. The summed E-state index contributed by atoms with van der Waals surface area (Å²) in [6, 6.07) is 10.9. The van der Waals surface area contributed by atoms with Crippen molar-refractivity contribution < 1.29 is 9.90 Å². The zero-order chi connectivity index (χ0) is 14.3. The van der Waals surface area contributed by atoms with E-state index in [4.69, 9.17) is 5.11 Å². The van der Waals surface area contributed by atoms with E-state index in [0.29, 0.717) is 12.0 Å². The molecule has 0 amide bonds. The summed E-state index contributed by atoms with van der Waals surface area (Å²) in [5.41, 5.74) is 1.34. The average molecular weight is 263 g/mol. The van der Waals surface area contributed by atoms with Gasteiger partial charge in [-0.05, 0) is 38.3 Å². The second-order valence-corrected chi connectivity index (χ2v) is 5.40. The number of carboxylic acids is 1. The van der Waals surface area contributed by atoms with Gasteiger partial charge in [0.1, 0.15) is 0 Å². The molecule has 106 valence electrons. The van der Waals surface area contributed by atoms with Gasteiger partial charge in [0.15, 0.2) is 0 Å². The first-order valence-corrected chi connectivity index (χ1v) is 7.01. The summed E-state index contributed by atoms with van der Waals surface area (Å²) >= 11 is 0. The molecule has 3 nitrogen and oxygen atoms in total. The Kier molecular flexibility index (Phi) is 6.57. The molecule has 0 aromatic heterocycles. The summed E-state index contributed by atoms with van der Waals surface area (Å²) in [4.78, 5) is 12.9. The molecule has 0 bridgehead atoms. The topological polar surface area (TPSA) is 40.5 Å². The number of aliphatic carboxylic acids is 1. The molecule has 0 saturated carbocycles. The molecule has 0 fully saturated rings. The van der Waals surface area contributed by atoms with Crippen molar-refractivity contribution in [1.29, 1.82) is 0 Å². The highest BCUT2D eigenvalue weighted by atomic mass is 16.4. The van der Waals surface area contributed by atoms with Crippen LogP contribution in [0.3, 0.4) is 0 Å². The van der Waals surface area contributed by atoms with Gasteiger partial charge in [-0.2, -0.15) is 0 Å². The summed E-state index contributed by atoms with van der Waals surface area (Å²) in [6.45, 7) is 8.38. The minimum Gasteiger partial charge on any atom is -0.481 e. The zero-order valence-corrected chi connectivity index (χ0v) is 12.2. The third-order valence-electron chi connectivity index (χ3n) is 3.44. The molecule has 1 atom stereocenters. The standard InChI is InChI=1S/C16H25NO2/c1-13(2)17(11-7-10-16(18)19)12-14(3)15-8-5-4-6-9-15/h4-6,8-9,13-14H,7,10-12H2,1-3H3,(H,18,19). The van der Waals surface area contributed by atoms with Crippen molar-refractivity contribution in [2.75, 3.05) is 13.1 Å². The smallest absolute Gasteiger partial charge is 0.303 e. The van der Waals surface area contributed by atoms with Gasteiger partial charge in [-0.1, -0.05) is 37.3 Å². The van der Waals surface area contributed by atoms with Gasteiger partial charge in [0.25, 0.3) is 0 Å². The van der Waals surface area contributed by atoms with Gasteiger partial charge in [-0.15, -0.1) is 0 Å². The van der Waals surface area contributed by atoms with E-state index in [1.54, 1.807) is 0 Å². The lowest BCUT2D eigenvalue weighted by Crippen LogP contribution is -2.35. The Balaban J connectivity index is 2.51. The Hall–Kier alpha value is -1.35. The lowest BCUT2D eigenvalue weighted by molar-refractivity contribution is -0.137. The number of benzene rings is 1. The molecule has 3 heteroatoms. The van der Waals surface area contributed by atoms with Crippen LogP contribution in [0.5, 0.6) is 0 Å².